The quantitative estimate of drug-likeness (QED) is 0.184. The molecule has 0 heterocycles. The summed E-state index contributed by atoms with van der Waals surface area (Å²) >= 11 is 2.07. The summed E-state index contributed by atoms with van der Waals surface area (Å²) in [4.78, 5) is 36.9. The number of aromatic hydroxyl groups is 1. The van der Waals surface area contributed by atoms with E-state index in [4.69, 9.17) is 10.5 Å². The predicted molar refractivity (Wildman–Crippen MR) is 137 cm³/mol. The van der Waals surface area contributed by atoms with Gasteiger partial charge < -0.3 is 20.9 Å². The number of hydrogen-bond donors (Lipinski definition) is 4. The smallest absolute Gasteiger partial charge is 0.414 e. The van der Waals surface area contributed by atoms with Crippen LogP contribution in [-0.2, 0) is 9.53 Å². The van der Waals surface area contributed by atoms with E-state index in [1.54, 1.807) is 66.7 Å². The Morgan fingerprint density at radius 3 is 2.47 bits per heavy atom. The number of amides is 3. The molecule has 174 valence electrons. The molecule has 0 aromatic heterocycles. The minimum atomic E-state index is -0.980. The highest BCUT2D eigenvalue weighted by atomic mass is 127. The number of halogens is 1. The number of nitrogens with two attached hydrogens (primary N) is 1. The summed E-state index contributed by atoms with van der Waals surface area (Å²) in [6, 6.07) is 19.9. The lowest BCUT2D eigenvalue weighted by Gasteiger charge is -2.18. The number of anilines is 2. The maximum Gasteiger partial charge on any atom is 0.414 e. The number of carbonyl (C=O) groups excluding carboxylic acids is 3. The van der Waals surface area contributed by atoms with Gasteiger partial charge in [-0.25, -0.2) is 4.79 Å². The molecule has 0 fully saturated rings. The van der Waals surface area contributed by atoms with E-state index in [0.717, 1.165) is 3.57 Å². The van der Waals surface area contributed by atoms with E-state index in [9.17, 15) is 19.5 Å². The van der Waals surface area contributed by atoms with Gasteiger partial charge in [0.2, 0.25) is 5.91 Å². The summed E-state index contributed by atoms with van der Waals surface area (Å²) in [5.74, 6) is -1.12. The zero-order valence-corrected chi connectivity index (χ0v) is 20.1. The zero-order valence-electron chi connectivity index (χ0n) is 17.9. The molecule has 0 aliphatic rings. The summed E-state index contributed by atoms with van der Waals surface area (Å²) in [6.07, 6.45) is 0.917. The first kappa shape index (κ1) is 24.8. The number of rotatable bonds is 7. The Bertz CT molecular complexity index is 1210. The Kier molecular flexibility index (Phi) is 8.63. The lowest BCUT2D eigenvalue weighted by Crippen LogP contribution is -2.32. The second-order valence-electron chi connectivity index (χ2n) is 7.13. The molecular weight excluding hydrogens is 549 g/mol. The Morgan fingerprint density at radius 1 is 1.03 bits per heavy atom. The van der Waals surface area contributed by atoms with Crippen molar-refractivity contribution in [1.82, 2.24) is 5.32 Å². The second-order valence-corrected chi connectivity index (χ2v) is 8.38. The van der Waals surface area contributed by atoms with Gasteiger partial charge in [0, 0.05) is 21.1 Å². The van der Waals surface area contributed by atoms with Gasteiger partial charge in [0.15, 0.2) is 0 Å². The van der Waals surface area contributed by atoms with Crippen molar-refractivity contribution in [3.05, 3.63) is 99.6 Å². The van der Waals surface area contributed by atoms with Gasteiger partial charge in [0.1, 0.15) is 11.9 Å². The molecule has 5 N–H and O–H groups in total. The number of alkyl carbamates (subject to hydrolysis) is 1. The van der Waals surface area contributed by atoms with Crippen molar-refractivity contribution in [2.24, 2.45) is 0 Å². The maximum atomic E-state index is 12.4. The third-order valence-corrected chi connectivity index (χ3v) is 5.35. The highest BCUT2D eigenvalue weighted by molar-refractivity contribution is 14.1. The molecule has 0 spiro atoms. The Hall–Kier alpha value is -3.86. The minimum absolute atomic E-state index is 0.0678. The third kappa shape index (κ3) is 7.07. The second kappa shape index (κ2) is 11.8. The SMILES string of the molecule is Nc1ccccc1NC(=O)/C=C/C[C@H](OC(=O)NC(=O)c1ccccc1)c1cc(I)ccc1O. The molecule has 0 aliphatic carbocycles. The molecule has 0 radical (unpaired) electrons. The molecule has 3 amide bonds. The number of ether oxygens (including phenoxy) is 1. The number of para-hydroxylation sites is 2. The van der Waals surface area contributed by atoms with Gasteiger partial charge in [-0.3, -0.25) is 14.9 Å². The van der Waals surface area contributed by atoms with E-state index in [2.05, 4.69) is 33.2 Å². The van der Waals surface area contributed by atoms with Crippen LogP contribution in [0.25, 0.3) is 0 Å². The third-order valence-electron chi connectivity index (χ3n) is 4.68. The van der Waals surface area contributed by atoms with Crippen molar-refractivity contribution in [2.45, 2.75) is 12.5 Å². The van der Waals surface area contributed by atoms with Gasteiger partial charge >= 0.3 is 6.09 Å². The molecule has 3 aromatic rings. The predicted octanol–water partition coefficient (Wildman–Crippen LogP) is 4.77. The van der Waals surface area contributed by atoms with Crippen molar-refractivity contribution < 1.29 is 24.2 Å². The molecule has 0 bridgehead atoms. The summed E-state index contributed by atoms with van der Waals surface area (Å²) < 4.78 is 6.25. The van der Waals surface area contributed by atoms with Crippen LogP contribution in [0.15, 0.2) is 84.9 Å². The number of nitrogen functional groups attached to an aromatic ring is 1. The highest BCUT2D eigenvalue weighted by Gasteiger charge is 2.21. The molecule has 1 atom stereocenters. The fraction of sp³-hybridized carbons (Fsp3) is 0.0800. The molecule has 0 saturated heterocycles. The molecule has 3 aromatic carbocycles. The first-order chi connectivity index (χ1) is 16.3. The number of benzene rings is 3. The first-order valence-corrected chi connectivity index (χ1v) is 11.3. The Balaban J connectivity index is 1.71. The van der Waals surface area contributed by atoms with Crippen LogP contribution in [0.4, 0.5) is 16.2 Å². The van der Waals surface area contributed by atoms with E-state index in [-0.39, 0.29) is 12.2 Å². The van der Waals surface area contributed by atoms with Crippen LogP contribution < -0.4 is 16.4 Å². The minimum Gasteiger partial charge on any atom is -0.508 e. The molecule has 8 nitrogen and oxygen atoms in total. The number of nitrogens with one attached hydrogen (secondary N) is 2. The number of carbonyl (C=O) groups is 3. The van der Waals surface area contributed by atoms with Gasteiger partial charge in [-0.05, 0) is 71.1 Å². The van der Waals surface area contributed by atoms with Crippen molar-refractivity contribution in [1.29, 1.82) is 0 Å². The van der Waals surface area contributed by atoms with E-state index in [0.29, 0.717) is 22.5 Å². The monoisotopic (exact) mass is 571 g/mol. The van der Waals surface area contributed by atoms with Crippen molar-refractivity contribution in [3.8, 4) is 5.75 Å². The van der Waals surface area contributed by atoms with Crippen LogP contribution in [0, 0.1) is 3.57 Å². The average Bonchev–Trinajstić information content (AvgIpc) is 2.82. The largest absolute Gasteiger partial charge is 0.508 e. The van der Waals surface area contributed by atoms with Crippen LogP contribution in [0.2, 0.25) is 0 Å². The first-order valence-electron chi connectivity index (χ1n) is 10.2. The van der Waals surface area contributed by atoms with Crippen molar-refractivity contribution in [2.75, 3.05) is 11.1 Å². The summed E-state index contributed by atoms with van der Waals surface area (Å²) in [7, 11) is 0. The molecule has 9 heteroatoms. The number of phenolic OH excluding ortho intramolecular Hbond substituents is 1. The summed E-state index contributed by atoms with van der Waals surface area (Å²) in [5, 5.41) is 15.1. The van der Waals surface area contributed by atoms with Gasteiger partial charge in [0.25, 0.3) is 5.91 Å². The standard InChI is InChI=1S/C25H22IN3O5/c26-17-13-14-21(30)18(15-17)22(34-25(33)29-24(32)16-7-2-1-3-8-16)11-6-12-23(31)28-20-10-5-4-9-19(20)27/h1-10,12-15,22,30H,11,27H2,(H,28,31)(H,29,32,33)/b12-6+/t22-/m0/s1. The van der Waals surface area contributed by atoms with Gasteiger partial charge in [-0.1, -0.05) is 36.4 Å². The van der Waals surface area contributed by atoms with E-state index in [1.165, 1.54) is 18.2 Å². The van der Waals surface area contributed by atoms with E-state index < -0.39 is 24.0 Å². The van der Waals surface area contributed by atoms with Crippen LogP contribution in [-0.4, -0.2) is 23.0 Å². The number of hydrogen-bond acceptors (Lipinski definition) is 6. The fourth-order valence-electron chi connectivity index (χ4n) is 3.02. The number of phenols is 1. The lowest BCUT2D eigenvalue weighted by atomic mass is 10.0. The molecule has 3 rings (SSSR count). The Morgan fingerprint density at radius 2 is 1.74 bits per heavy atom. The fourth-order valence-corrected chi connectivity index (χ4v) is 3.53. The molecule has 0 aliphatic heterocycles. The van der Waals surface area contributed by atoms with Crippen LogP contribution in [0.5, 0.6) is 5.75 Å². The molecule has 34 heavy (non-hydrogen) atoms. The van der Waals surface area contributed by atoms with Crippen LogP contribution in [0.1, 0.15) is 28.4 Å². The maximum absolute atomic E-state index is 12.4. The average molecular weight is 571 g/mol. The van der Waals surface area contributed by atoms with E-state index in [1.807, 2.05) is 0 Å². The molecule has 0 unspecified atom stereocenters. The lowest BCUT2D eigenvalue weighted by molar-refractivity contribution is -0.111. The van der Waals surface area contributed by atoms with Crippen LogP contribution >= 0.6 is 22.6 Å². The van der Waals surface area contributed by atoms with Crippen molar-refractivity contribution >= 4 is 51.9 Å². The molecule has 0 saturated carbocycles. The van der Waals surface area contributed by atoms with Crippen LogP contribution in [0.3, 0.4) is 0 Å². The van der Waals surface area contributed by atoms with Gasteiger partial charge in [-0.15, -0.1) is 0 Å². The summed E-state index contributed by atoms with van der Waals surface area (Å²) in [6.45, 7) is 0. The molecular formula is C25H22IN3O5. The number of imide groups is 1. The van der Waals surface area contributed by atoms with Gasteiger partial charge in [0.05, 0.1) is 11.4 Å². The summed E-state index contributed by atoms with van der Waals surface area (Å²) in [5.41, 5.74) is 7.36. The van der Waals surface area contributed by atoms with Crippen molar-refractivity contribution in [3.63, 3.8) is 0 Å². The van der Waals surface area contributed by atoms with Gasteiger partial charge in [-0.2, -0.15) is 0 Å². The topological polar surface area (TPSA) is 131 Å². The normalized spacial score (nSPS) is 11.6. The highest BCUT2D eigenvalue weighted by Crippen LogP contribution is 2.31. The zero-order chi connectivity index (χ0) is 24.5. The van der Waals surface area contributed by atoms with E-state index >= 15 is 0 Å². The Labute approximate surface area is 210 Å².